The summed E-state index contributed by atoms with van der Waals surface area (Å²) in [4.78, 5) is 0.346. The molecule has 0 bridgehead atoms. The third-order valence-corrected chi connectivity index (χ3v) is 6.32. The minimum Gasteiger partial charge on any atom is -0.317 e. The molecule has 3 aromatic rings. The Balaban J connectivity index is 1.74. The first-order chi connectivity index (χ1) is 12.4. The molecule has 5 nitrogen and oxygen atoms in total. The minimum atomic E-state index is -3.17. The third-order valence-electron chi connectivity index (χ3n) is 5.19. The smallest absolute Gasteiger partial charge is 0.175 e. The molecule has 1 saturated heterocycles. The van der Waals surface area contributed by atoms with Crippen molar-refractivity contribution < 1.29 is 8.42 Å². The molecule has 0 aliphatic carbocycles. The van der Waals surface area contributed by atoms with Gasteiger partial charge in [0.25, 0.3) is 0 Å². The van der Waals surface area contributed by atoms with Crippen molar-refractivity contribution in [1.29, 1.82) is 0 Å². The number of nitrogens with one attached hydrogen (secondary N) is 1. The second-order valence-corrected chi connectivity index (χ2v) is 9.11. The summed E-state index contributed by atoms with van der Waals surface area (Å²) in [5, 5.41) is 9.17. The van der Waals surface area contributed by atoms with Crippen molar-refractivity contribution in [3.63, 3.8) is 0 Å². The number of piperidine rings is 1. The molecule has 6 heteroatoms. The third kappa shape index (κ3) is 3.15. The minimum absolute atomic E-state index is 0.346. The molecule has 1 aliphatic heterocycles. The molecule has 0 spiro atoms. The number of rotatable bonds is 3. The van der Waals surface area contributed by atoms with E-state index in [0.717, 1.165) is 42.4 Å². The Labute approximate surface area is 154 Å². The van der Waals surface area contributed by atoms with E-state index in [-0.39, 0.29) is 0 Å². The summed E-state index contributed by atoms with van der Waals surface area (Å²) < 4.78 is 25.5. The quantitative estimate of drug-likeness (QED) is 0.769. The van der Waals surface area contributed by atoms with Crippen LogP contribution in [0.25, 0.3) is 22.0 Å². The predicted octanol–water partition coefficient (Wildman–Crippen LogP) is 3.34. The topological polar surface area (TPSA) is 64.0 Å². The van der Waals surface area contributed by atoms with Gasteiger partial charge in [0.1, 0.15) is 0 Å². The maximum absolute atomic E-state index is 11.7. The van der Waals surface area contributed by atoms with Crippen LogP contribution in [-0.4, -0.2) is 37.5 Å². The molecule has 1 aromatic heterocycles. The van der Waals surface area contributed by atoms with Gasteiger partial charge < -0.3 is 5.32 Å². The fraction of sp³-hybridized carbons (Fsp3) is 0.350. The zero-order valence-electron chi connectivity index (χ0n) is 15.1. The first-order valence-electron chi connectivity index (χ1n) is 8.92. The van der Waals surface area contributed by atoms with Crippen molar-refractivity contribution in [2.75, 3.05) is 19.3 Å². The van der Waals surface area contributed by atoms with Gasteiger partial charge in [0.15, 0.2) is 9.84 Å². The van der Waals surface area contributed by atoms with Crippen LogP contribution in [0.5, 0.6) is 0 Å². The second kappa shape index (κ2) is 6.52. The van der Waals surface area contributed by atoms with Crippen LogP contribution in [0.4, 0.5) is 0 Å². The Morgan fingerprint density at radius 2 is 1.81 bits per heavy atom. The fourth-order valence-electron chi connectivity index (χ4n) is 3.73. The summed E-state index contributed by atoms with van der Waals surface area (Å²) in [6.45, 7) is 4.17. The number of benzene rings is 2. The maximum atomic E-state index is 11.7. The number of hydrogen-bond acceptors (Lipinski definition) is 4. The number of aryl methyl sites for hydroxylation is 1. The molecule has 26 heavy (non-hydrogen) atoms. The van der Waals surface area contributed by atoms with Crippen molar-refractivity contribution >= 4 is 20.7 Å². The molecule has 2 aromatic carbocycles. The normalized spacial score (nSPS) is 16.2. The SMILES string of the molecule is Cc1cc2c(cnn2C2CCNCC2)cc1-c1ccc(S(C)(=O)=O)cc1. The molecular weight excluding hydrogens is 346 g/mol. The lowest BCUT2D eigenvalue weighted by molar-refractivity contribution is 0.351. The van der Waals surface area contributed by atoms with Crippen molar-refractivity contribution in [1.82, 2.24) is 15.1 Å². The van der Waals surface area contributed by atoms with E-state index in [9.17, 15) is 8.42 Å². The Morgan fingerprint density at radius 1 is 1.12 bits per heavy atom. The molecule has 1 N–H and O–H groups in total. The van der Waals surface area contributed by atoms with Crippen LogP contribution in [0.15, 0.2) is 47.5 Å². The average Bonchev–Trinajstić information content (AvgIpc) is 3.04. The van der Waals surface area contributed by atoms with E-state index in [2.05, 4.69) is 34.2 Å². The van der Waals surface area contributed by atoms with Gasteiger partial charge in [-0.05, 0) is 73.8 Å². The first kappa shape index (κ1) is 17.2. The van der Waals surface area contributed by atoms with Gasteiger partial charge in [-0.2, -0.15) is 5.10 Å². The van der Waals surface area contributed by atoms with Crippen LogP contribution in [0, 0.1) is 6.92 Å². The lowest BCUT2D eigenvalue weighted by atomic mass is 9.98. The van der Waals surface area contributed by atoms with Gasteiger partial charge in [-0.3, -0.25) is 4.68 Å². The average molecular weight is 369 g/mol. The molecular formula is C20H23N3O2S. The second-order valence-electron chi connectivity index (χ2n) is 7.09. The van der Waals surface area contributed by atoms with Crippen LogP contribution in [0.2, 0.25) is 0 Å². The molecule has 0 saturated carbocycles. The van der Waals surface area contributed by atoms with Crippen molar-refractivity contribution in [3.8, 4) is 11.1 Å². The van der Waals surface area contributed by atoms with Crippen LogP contribution < -0.4 is 5.32 Å². The molecule has 0 unspecified atom stereocenters. The first-order valence-corrected chi connectivity index (χ1v) is 10.8. The molecule has 2 heterocycles. The van der Waals surface area contributed by atoms with Gasteiger partial charge in [0.2, 0.25) is 0 Å². The lowest BCUT2D eigenvalue weighted by Gasteiger charge is -2.23. The van der Waals surface area contributed by atoms with Crippen molar-refractivity contribution in [3.05, 3.63) is 48.2 Å². The molecule has 0 amide bonds. The molecule has 1 fully saturated rings. The van der Waals surface area contributed by atoms with E-state index >= 15 is 0 Å². The van der Waals surface area contributed by atoms with E-state index in [0.29, 0.717) is 10.9 Å². The van der Waals surface area contributed by atoms with Gasteiger partial charge in [-0.15, -0.1) is 0 Å². The number of fused-ring (bicyclic) bond motifs is 1. The largest absolute Gasteiger partial charge is 0.317 e. The molecule has 0 radical (unpaired) electrons. The zero-order valence-corrected chi connectivity index (χ0v) is 15.9. The van der Waals surface area contributed by atoms with Crippen LogP contribution in [0.1, 0.15) is 24.4 Å². The van der Waals surface area contributed by atoms with E-state index in [4.69, 9.17) is 0 Å². The van der Waals surface area contributed by atoms with Crippen LogP contribution >= 0.6 is 0 Å². The highest BCUT2D eigenvalue weighted by molar-refractivity contribution is 7.90. The highest BCUT2D eigenvalue weighted by Crippen LogP contribution is 2.31. The predicted molar refractivity (Wildman–Crippen MR) is 104 cm³/mol. The van der Waals surface area contributed by atoms with Crippen LogP contribution in [0.3, 0.4) is 0 Å². The highest BCUT2D eigenvalue weighted by Gasteiger charge is 2.18. The fourth-order valence-corrected chi connectivity index (χ4v) is 4.36. The summed E-state index contributed by atoms with van der Waals surface area (Å²) >= 11 is 0. The van der Waals surface area contributed by atoms with E-state index in [1.807, 2.05) is 18.3 Å². The highest BCUT2D eigenvalue weighted by atomic mass is 32.2. The van der Waals surface area contributed by atoms with Gasteiger partial charge in [0, 0.05) is 11.6 Å². The van der Waals surface area contributed by atoms with E-state index in [1.54, 1.807) is 12.1 Å². The monoisotopic (exact) mass is 369 g/mol. The number of nitrogens with zero attached hydrogens (tertiary/aromatic N) is 2. The molecule has 0 atom stereocenters. The number of aromatic nitrogens is 2. The Hall–Kier alpha value is -2.18. The van der Waals surface area contributed by atoms with Crippen LogP contribution in [-0.2, 0) is 9.84 Å². The van der Waals surface area contributed by atoms with E-state index < -0.39 is 9.84 Å². The Bertz CT molecular complexity index is 1050. The maximum Gasteiger partial charge on any atom is 0.175 e. The van der Waals surface area contributed by atoms with Crippen molar-refractivity contribution in [2.45, 2.75) is 30.7 Å². The van der Waals surface area contributed by atoms with Crippen molar-refractivity contribution in [2.24, 2.45) is 0 Å². The summed E-state index contributed by atoms with van der Waals surface area (Å²) in [6.07, 6.45) is 5.37. The molecule has 1 aliphatic rings. The van der Waals surface area contributed by atoms with Gasteiger partial charge >= 0.3 is 0 Å². The number of sulfone groups is 1. The van der Waals surface area contributed by atoms with E-state index in [1.165, 1.54) is 17.3 Å². The summed E-state index contributed by atoms with van der Waals surface area (Å²) in [5.41, 5.74) is 4.47. The zero-order chi connectivity index (χ0) is 18.3. The Morgan fingerprint density at radius 3 is 2.46 bits per heavy atom. The summed E-state index contributed by atoms with van der Waals surface area (Å²) in [6, 6.07) is 11.9. The molecule has 136 valence electrons. The summed E-state index contributed by atoms with van der Waals surface area (Å²) in [5.74, 6) is 0. The lowest BCUT2D eigenvalue weighted by Crippen LogP contribution is -2.29. The van der Waals surface area contributed by atoms with Gasteiger partial charge in [-0.25, -0.2) is 8.42 Å². The van der Waals surface area contributed by atoms with Gasteiger partial charge in [0.05, 0.1) is 22.7 Å². The number of hydrogen-bond donors (Lipinski definition) is 1. The molecule has 4 rings (SSSR count). The standard InChI is InChI=1S/C20H23N3O2S/c1-14-11-20-16(13-22-23(20)17-7-9-21-10-8-17)12-19(14)15-3-5-18(6-4-15)26(2,24)25/h3-6,11-13,17,21H,7-10H2,1-2H3. The summed E-state index contributed by atoms with van der Waals surface area (Å²) in [7, 11) is -3.17. The Kier molecular flexibility index (Phi) is 4.32. The van der Waals surface area contributed by atoms with Gasteiger partial charge in [-0.1, -0.05) is 12.1 Å².